The van der Waals surface area contributed by atoms with Crippen molar-refractivity contribution in [3.8, 4) is 0 Å². The van der Waals surface area contributed by atoms with E-state index >= 15 is 0 Å². The second kappa shape index (κ2) is 11.3. The molecule has 0 radical (unpaired) electrons. The van der Waals surface area contributed by atoms with Gasteiger partial charge in [0.1, 0.15) is 23.6 Å². The highest BCUT2D eigenvalue weighted by Gasteiger charge is 2.27. The lowest BCUT2D eigenvalue weighted by atomic mass is 9.96. The van der Waals surface area contributed by atoms with Crippen molar-refractivity contribution in [2.45, 2.75) is 59.0 Å². The van der Waals surface area contributed by atoms with Gasteiger partial charge in [-0.05, 0) is 70.2 Å². The molecular weight excluding hydrogens is 430 g/mol. The van der Waals surface area contributed by atoms with Gasteiger partial charge in [-0.25, -0.2) is 14.8 Å². The molecule has 2 aromatic rings. The molecule has 1 aliphatic rings. The first-order chi connectivity index (χ1) is 16.1. The fourth-order valence-corrected chi connectivity index (χ4v) is 3.99. The third kappa shape index (κ3) is 7.43. The summed E-state index contributed by atoms with van der Waals surface area (Å²) in [6.07, 6.45) is 4.60. The summed E-state index contributed by atoms with van der Waals surface area (Å²) < 4.78 is 5.49. The highest BCUT2D eigenvalue weighted by molar-refractivity contribution is 5.96. The van der Waals surface area contributed by atoms with Crippen molar-refractivity contribution < 1.29 is 14.3 Å². The second-order valence-corrected chi connectivity index (χ2v) is 9.93. The van der Waals surface area contributed by atoms with Gasteiger partial charge in [0.2, 0.25) is 0 Å². The maximum absolute atomic E-state index is 12.3. The van der Waals surface area contributed by atoms with Crippen LogP contribution in [-0.2, 0) is 4.74 Å². The number of benzene rings is 1. The van der Waals surface area contributed by atoms with Crippen LogP contribution in [0.4, 0.5) is 22.1 Å². The zero-order valence-corrected chi connectivity index (χ0v) is 21.0. The first-order valence-electron chi connectivity index (χ1n) is 12.1. The molecule has 0 spiro atoms. The highest BCUT2D eigenvalue weighted by Crippen LogP contribution is 2.24. The smallest absolute Gasteiger partial charge is 0.410 e. The molecule has 34 heavy (non-hydrogen) atoms. The topological polar surface area (TPSA) is 87.7 Å². The molecule has 0 bridgehead atoms. The van der Waals surface area contributed by atoms with Crippen molar-refractivity contribution >= 4 is 29.2 Å². The number of ketones is 1. The summed E-state index contributed by atoms with van der Waals surface area (Å²) >= 11 is 0. The Kier molecular flexibility index (Phi) is 8.47. The monoisotopic (exact) mass is 467 g/mol. The van der Waals surface area contributed by atoms with Gasteiger partial charge in [0.05, 0.1) is 0 Å². The fourth-order valence-electron chi connectivity index (χ4n) is 3.99. The van der Waals surface area contributed by atoms with Crippen LogP contribution in [0.5, 0.6) is 0 Å². The molecule has 1 aromatic heterocycles. The molecule has 1 amide bonds. The summed E-state index contributed by atoms with van der Waals surface area (Å²) in [5, 5.41) is 3.29. The predicted octanol–water partition coefficient (Wildman–Crippen LogP) is 5.29. The fraction of sp³-hybridized carbons (Fsp3) is 0.538. The first-order valence-corrected chi connectivity index (χ1v) is 12.1. The van der Waals surface area contributed by atoms with Crippen molar-refractivity contribution in [1.29, 1.82) is 0 Å². The molecule has 1 N–H and O–H groups in total. The summed E-state index contributed by atoms with van der Waals surface area (Å²) in [7, 11) is 2.03. The van der Waals surface area contributed by atoms with E-state index in [0.717, 1.165) is 42.9 Å². The van der Waals surface area contributed by atoms with Crippen LogP contribution in [0.2, 0.25) is 0 Å². The van der Waals surface area contributed by atoms with Crippen molar-refractivity contribution in [2.24, 2.45) is 5.92 Å². The van der Waals surface area contributed by atoms with Gasteiger partial charge >= 0.3 is 6.09 Å². The third-order valence-corrected chi connectivity index (χ3v) is 5.80. The molecule has 0 unspecified atom stereocenters. The van der Waals surface area contributed by atoms with Gasteiger partial charge in [0.25, 0.3) is 0 Å². The van der Waals surface area contributed by atoms with Gasteiger partial charge in [-0.3, -0.25) is 4.79 Å². The lowest BCUT2D eigenvalue weighted by Crippen LogP contribution is -2.43. The third-order valence-electron chi connectivity index (χ3n) is 5.80. The number of amides is 1. The number of rotatable bonds is 8. The average Bonchev–Trinajstić information content (AvgIpc) is 2.79. The van der Waals surface area contributed by atoms with Gasteiger partial charge in [-0.2, -0.15) is 0 Å². The van der Waals surface area contributed by atoms with Gasteiger partial charge in [0, 0.05) is 50.4 Å². The minimum Gasteiger partial charge on any atom is -0.444 e. The minimum absolute atomic E-state index is 0.164. The number of ether oxygens (including phenoxy) is 1. The molecule has 1 saturated heterocycles. The number of piperidine rings is 1. The van der Waals surface area contributed by atoms with Crippen LogP contribution in [0, 0.1) is 5.92 Å². The number of Topliss-reactive ketones (excluding diaryl/α,β-unsaturated/α-hetero) is 1. The van der Waals surface area contributed by atoms with Gasteiger partial charge in [-0.15, -0.1) is 0 Å². The van der Waals surface area contributed by atoms with Crippen LogP contribution in [0.15, 0.2) is 36.7 Å². The number of hydrogen-bond donors (Lipinski definition) is 1. The molecule has 8 nitrogen and oxygen atoms in total. The Balaban J connectivity index is 1.52. The van der Waals surface area contributed by atoms with Crippen molar-refractivity contribution in [1.82, 2.24) is 14.9 Å². The number of hydrogen-bond acceptors (Lipinski definition) is 7. The predicted molar refractivity (Wildman–Crippen MR) is 135 cm³/mol. The normalized spacial score (nSPS) is 14.6. The van der Waals surface area contributed by atoms with Crippen LogP contribution < -0.4 is 10.2 Å². The number of aromatic nitrogens is 2. The van der Waals surface area contributed by atoms with Crippen LogP contribution in [0.3, 0.4) is 0 Å². The number of anilines is 3. The van der Waals surface area contributed by atoms with Gasteiger partial charge in [-0.1, -0.05) is 6.92 Å². The van der Waals surface area contributed by atoms with E-state index in [9.17, 15) is 9.59 Å². The molecule has 1 aliphatic heterocycles. The number of nitrogens with zero attached hydrogens (tertiary/aromatic N) is 4. The Hall–Kier alpha value is -3.16. The lowest BCUT2D eigenvalue weighted by Gasteiger charge is -2.35. The largest absolute Gasteiger partial charge is 0.444 e. The summed E-state index contributed by atoms with van der Waals surface area (Å²) in [6.45, 7) is 9.95. The van der Waals surface area contributed by atoms with E-state index < -0.39 is 5.60 Å². The molecule has 8 heteroatoms. The van der Waals surface area contributed by atoms with Crippen LogP contribution in [-0.4, -0.2) is 59.0 Å². The molecule has 2 heterocycles. The molecule has 3 rings (SSSR count). The number of nitrogens with one attached hydrogen (secondary N) is 1. The Morgan fingerprint density at radius 2 is 1.82 bits per heavy atom. The molecule has 184 valence electrons. The lowest BCUT2D eigenvalue weighted by molar-refractivity contribution is 0.0186. The Morgan fingerprint density at radius 3 is 2.44 bits per heavy atom. The molecular formula is C26H37N5O3. The van der Waals surface area contributed by atoms with E-state index in [-0.39, 0.29) is 11.9 Å². The average molecular weight is 468 g/mol. The van der Waals surface area contributed by atoms with Crippen LogP contribution in [0.25, 0.3) is 0 Å². The van der Waals surface area contributed by atoms with Crippen molar-refractivity contribution in [3.63, 3.8) is 0 Å². The van der Waals surface area contributed by atoms with Crippen LogP contribution in [0.1, 0.15) is 63.7 Å². The number of carbonyl (C=O) groups is 2. The van der Waals surface area contributed by atoms with Crippen molar-refractivity contribution in [2.75, 3.05) is 36.9 Å². The summed E-state index contributed by atoms with van der Waals surface area (Å²) in [6, 6.07) is 9.40. The molecule has 0 saturated carbocycles. The second-order valence-electron chi connectivity index (χ2n) is 9.93. The Labute approximate surface area is 202 Å². The van der Waals surface area contributed by atoms with E-state index in [0.29, 0.717) is 31.2 Å². The zero-order valence-electron chi connectivity index (χ0n) is 21.0. The molecule has 1 fully saturated rings. The van der Waals surface area contributed by atoms with Gasteiger partial charge < -0.3 is 19.9 Å². The van der Waals surface area contributed by atoms with E-state index in [2.05, 4.69) is 20.2 Å². The maximum Gasteiger partial charge on any atom is 0.410 e. The molecule has 0 atom stereocenters. The zero-order chi connectivity index (χ0) is 24.7. The quantitative estimate of drug-likeness (QED) is 0.528. The standard InChI is InChI=1S/C26H37N5O3/c1-6-7-22(32)20-8-10-21(11-9-20)29-23-16-24(28-18-27-23)30(5)17-19-12-14-31(15-13-19)25(33)34-26(2,3)4/h8-11,16,18-19H,6-7,12-15,17H2,1-5H3,(H,27,28,29). The first kappa shape index (κ1) is 25.5. The highest BCUT2D eigenvalue weighted by atomic mass is 16.6. The van der Waals surface area contributed by atoms with Crippen molar-refractivity contribution in [3.05, 3.63) is 42.2 Å². The van der Waals surface area contributed by atoms with E-state index in [1.165, 1.54) is 0 Å². The summed E-state index contributed by atoms with van der Waals surface area (Å²) in [4.78, 5) is 37.0. The summed E-state index contributed by atoms with van der Waals surface area (Å²) in [5.41, 5.74) is 1.13. The SMILES string of the molecule is CCCC(=O)c1ccc(Nc2cc(N(C)CC3CCN(C(=O)OC(C)(C)C)CC3)ncn2)cc1. The Bertz CT molecular complexity index is 963. The molecule has 1 aromatic carbocycles. The summed E-state index contributed by atoms with van der Waals surface area (Å²) in [5.74, 6) is 2.17. The molecule has 0 aliphatic carbocycles. The minimum atomic E-state index is -0.471. The number of likely N-dealkylation sites (tertiary alicyclic amines) is 1. The maximum atomic E-state index is 12.3. The van der Waals surface area contributed by atoms with E-state index in [1.54, 1.807) is 11.2 Å². The van der Waals surface area contributed by atoms with Gasteiger partial charge in [0.15, 0.2) is 5.78 Å². The van der Waals surface area contributed by atoms with E-state index in [1.807, 2.05) is 65.1 Å². The number of carbonyl (C=O) groups excluding carboxylic acids is 2. The Morgan fingerprint density at radius 1 is 1.15 bits per heavy atom. The van der Waals surface area contributed by atoms with Crippen LogP contribution >= 0.6 is 0 Å². The van der Waals surface area contributed by atoms with E-state index in [4.69, 9.17) is 4.74 Å².